The SMILES string of the molecule is CCCCCCCCCCCCCCCCC(CCCCCCCCCCCCCCCC)C(=O)NC(CCCCN)C(=O)N[C@@H](CC(C)C)C(=O)N[C@@H](C)C(=O)N[C@@H](CC(C)C)C(=O)N[C@@H](CCCCN)C(=O)N[C@@H](CC(C)C)C(=O)NC. The molecule has 84 heavy (non-hydrogen) atoms. The van der Waals surface area contributed by atoms with Crippen LogP contribution in [0.15, 0.2) is 0 Å². The first-order valence-corrected chi connectivity index (χ1v) is 34.8. The van der Waals surface area contributed by atoms with Crippen LogP contribution in [0.4, 0.5) is 0 Å². The second kappa shape index (κ2) is 53.4. The predicted molar refractivity (Wildman–Crippen MR) is 349 cm³/mol. The number of likely N-dealkylation sites (N-methyl/N-ethyl adjacent to an activating group) is 1. The summed E-state index contributed by atoms with van der Waals surface area (Å²) in [6.45, 7) is 18.5. The Hall–Kier alpha value is -3.79. The Bertz CT molecular complexity index is 1670. The lowest BCUT2D eigenvalue weighted by molar-refractivity contribution is -0.136. The molecule has 16 heteroatoms. The standard InChI is InChI=1S/C68H133N9O7/c1-11-13-15-17-19-21-23-25-27-29-31-33-35-37-43-56(44-38-36-34-32-30-28-26-24-22-20-18-16-14-12-2)63(79)73-57(45-39-41-47-69)65(81)77-60(50-53(5)6)67(83)72-55(9)62(78)75-61(51-54(7)8)68(84)74-58(46-40-42-48-70)66(82)76-59(49-52(3)4)64(80)71-10/h52-61H,11-51,69-70H2,1-10H3,(H,71,80)(H,72,83)(H,73,79)(H,74,84)(H,75,78)(H,76,82)(H,77,81)/t55-,57?,58-,59-,60-,61-/m0/s1. The molecule has 16 nitrogen and oxygen atoms in total. The molecule has 0 spiro atoms. The Morgan fingerprint density at radius 1 is 0.286 bits per heavy atom. The Morgan fingerprint density at radius 3 is 0.845 bits per heavy atom. The van der Waals surface area contributed by atoms with Crippen LogP contribution in [0.2, 0.25) is 0 Å². The molecular formula is C68H133N9O7. The number of unbranched alkanes of at least 4 members (excludes halogenated alkanes) is 28. The first-order chi connectivity index (χ1) is 40.3. The summed E-state index contributed by atoms with van der Waals surface area (Å²) in [6.07, 6.45) is 41.1. The van der Waals surface area contributed by atoms with Gasteiger partial charge in [-0.15, -0.1) is 0 Å². The van der Waals surface area contributed by atoms with Gasteiger partial charge in [0.2, 0.25) is 41.4 Å². The van der Waals surface area contributed by atoms with Crippen molar-refractivity contribution in [1.82, 2.24) is 37.2 Å². The molecule has 11 N–H and O–H groups in total. The zero-order valence-corrected chi connectivity index (χ0v) is 55.8. The van der Waals surface area contributed by atoms with Crippen LogP contribution in [-0.2, 0) is 33.6 Å². The number of nitrogens with one attached hydrogen (secondary N) is 7. The van der Waals surface area contributed by atoms with Gasteiger partial charge < -0.3 is 48.7 Å². The lowest BCUT2D eigenvalue weighted by Crippen LogP contribution is -2.59. The van der Waals surface area contributed by atoms with Gasteiger partial charge in [0, 0.05) is 13.0 Å². The maximum absolute atomic E-state index is 14.4. The third kappa shape index (κ3) is 42.9. The number of nitrogens with two attached hydrogens (primary N) is 2. The van der Waals surface area contributed by atoms with Crippen molar-refractivity contribution in [2.75, 3.05) is 20.1 Å². The van der Waals surface area contributed by atoms with Crippen LogP contribution in [0.3, 0.4) is 0 Å². The fraction of sp³-hybridized carbons (Fsp3) is 0.897. The van der Waals surface area contributed by atoms with Crippen molar-refractivity contribution < 1.29 is 33.6 Å². The lowest BCUT2D eigenvalue weighted by Gasteiger charge is -2.28. The number of carbonyl (C=O) groups is 7. The summed E-state index contributed by atoms with van der Waals surface area (Å²) in [5.41, 5.74) is 11.7. The Balaban J connectivity index is 6.06. The van der Waals surface area contributed by atoms with Crippen molar-refractivity contribution in [3.8, 4) is 0 Å². The molecule has 0 aromatic rings. The van der Waals surface area contributed by atoms with Crippen molar-refractivity contribution in [2.24, 2.45) is 35.1 Å². The molecule has 0 radical (unpaired) electrons. The van der Waals surface area contributed by atoms with Crippen LogP contribution in [0.5, 0.6) is 0 Å². The molecule has 0 saturated carbocycles. The maximum Gasteiger partial charge on any atom is 0.243 e. The summed E-state index contributed by atoms with van der Waals surface area (Å²) >= 11 is 0. The van der Waals surface area contributed by atoms with Crippen molar-refractivity contribution in [3.63, 3.8) is 0 Å². The molecule has 1 unspecified atom stereocenters. The molecule has 6 atom stereocenters. The highest BCUT2D eigenvalue weighted by atomic mass is 16.2. The minimum absolute atomic E-state index is 0.0128. The molecular weight excluding hydrogens is 1050 g/mol. The third-order valence-electron chi connectivity index (χ3n) is 16.4. The van der Waals surface area contributed by atoms with Crippen molar-refractivity contribution in [3.05, 3.63) is 0 Å². The van der Waals surface area contributed by atoms with E-state index in [2.05, 4.69) is 51.1 Å². The van der Waals surface area contributed by atoms with Crippen molar-refractivity contribution in [1.29, 1.82) is 0 Å². The van der Waals surface area contributed by atoms with Gasteiger partial charge in [-0.2, -0.15) is 0 Å². The minimum Gasteiger partial charge on any atom is -0.357 e. The van der Waals surface area contributed by atoms with Gasteiger partial charge in [-0.3, -0.25) is 33.6 Å². The van der Waals surface area contributed by atoms with E-state index in [1.54, 1.807) is 0 Å². The highest BCUT2D eigenvalue weighted by Crippen LogP contribution is 2.22. The quantitative estimate of drug-likeness (QED) is 0.0262. The number of carbonyl (C=O) groups excluding carboxylic acids is 7. The summed E-state index contributed by atoms with van der Waals surface area (Å²) in [5.74, 6) is -3.30. The number of hydrogen-bond donors (Lipinski definition) is 9. The van der Waals surface area contributed by atoms with Gasteiger partial charge in [0.05, 0.1) is 0 Å². The van der Waals surface area contributed by atoms with Gasteiger partial charge in [-0.05, 0) is 108 Å². The fourth-order valence-corrected chi connectivity index (χ4v) is 11.2. The maximum atomic E-state index is 14.4. The van der Waals surface area contributed by atoms with Crippen LogP contribution >= 0.6 is 0 Å². The highest BCUT2D eigenvalue weighted by Gasteiger charge is 2.33. The molecule has 0 aromatic heterocycles. The van der Waals surface area contributed by atoms with Gasteiger partial charge in [0.25, 0.3) is 0 Å². The second-order valence-corrected chi connectivity index (χ2v) is 26.1. The highest BCUT2D eigenvalue weighted by molar-refractivity contribution is 5.97. The van der Waals surface area contributed by atoms with E-state index < -0.39 is 65.8 Å². The molecule has 0 aliphatic rings. The number of hydrogen-bond acceptors (Lipinski definition) is 9. The Morgan fingerprint density at radius 2 is 0.536 bits per heavy atom. The van der Waals surface area contributed by atoms with Crippen LogP contribution in [-0.4, -0.2) is 97.7 Å². The van der Waals surface area contributed by atoms with Crippen molar-refractivity contribution in [2.45, 2.75) is 349 Å². The van der Waals surface area contributed by atoms with E-state index in [0.29, 0.717) is 51.6 Å². The van der Waals surface area contributed by atoms with E-state index in [0.717, 1.165) is 38.5 Å². The normalized spacial score (nSPS) is 13.8. The molecule has 0 fully saturated rings. The van der Waals surface area contributed by atoms with E-state index in [9.17, 15) is 33.6 Å². The summed E-state index contributed by atoms with van der Waals surface area (Å²) in [7, 11) is 1.51. The topological polar surface area (TPSA) is 256 Å². The number of rotatable bonds is 57. The molecule has 0 saturated heterocycles. The van der Waals surface area contributed by atoms with Gasteiger partial charge in [0.15, 0.2) is 0 Å². The zero-order valence-electron chi connectivity index (χ0n) is 55.8. The number of amides is 7. The van der Waals surface area contributed by atoms with Gasteiger partial charge in [-0.25, -0.2) is 0 Å². The van der Waals surface area contributed by atoms with Gasteiger partial charge in [-0.1, -0.05) is 235 Å². The van der Waals surface area contributed by atoms with Crippen LogP contribution in [0.1, 0.15) is 313 Å². The largest absolute Gasteiger partial charge is 0.357 e. The first-order valence-electron chi connectivity index (χ1n) is 34.8. The molecule has 0 aliphatic heterocycles. The fourth-order valence-electron chi connectivity index (χ4n) is 11.2. The summed E-state index contributed by atoms with van der Waals surface area (Å²) in [5, 5.41) is 20.0. The van der Waals surface area contributed by atoms with E-state index in [1.807, 2.05) is 41.5 Å². The van der Waals surface area contributed by atoms with Gasteiger partial charge in [0.1, 0.15) is 36.3 Å². The minimum atomic E-state index is -1.11. The molecule has 0 rings (SSSR count). The van der Waals surface area contributed by atoms with E-state index in [1.165, 1.54) is 168 Å². The summed E-state index contributed by atoms with van der Waals surface area (Å²) in [6, 6.07) is -5.84. The predicted octanol–water partition coefficient (Wildman–Crippen LogP) is 12.4. The average molecular weight is 1190 g/mol. The lowest BCUT2D eigenvalue weighted by atomic mass is 9.92. The van der Waals surface area contributed by atoms with E-state index in [4.69, 9.17) is 11.5 Å². The summed E-state index contributed by atoms with van der Waals surface area (Å²) in [4.78, 5) is 97.3. The molecule has 492 valence electrons. The monoisotopic (exact) mass is 1190 g/mol. The molecule has 0 bridgehead atoms. The summed E-state index contributed by atoms with van der Waals surface area (Å²) < 4.78 is 0. The molecule has 0 aromatic carbocycles. The average Bonchev–Trinajstić information content (AvgIpc) is 3.57. The molecule has 7 amide bonds. The zero-order chi connectivity index (χ0) is 62.8. The van der Waals surface area contributed by atoms with E-state index >= 15 is 0 Å². The molecule has 0 aliphatic carbocycles. The van der Waals surface area contributed by atoms with Crippen LogP contribution < -0.4 is 48.7 Å². The third-order valence-corrected chi connectivity index (χ3v) is 16.4. The van der Waals surface area contributed by atoms with Crippen LogP contribution in [0, 0.1) is 23.7 Å². The smallest absolute Gasteiger partial charge is 0.243 e. The molecule has 0 heterocycles. The van der Waals surface area contributed by atoms with Gasteiger partial charge >= 0.3 is 0 Å². The van der Waals surface area contributed by atoms with Crippen LogP contribution in [0.25, 0.3) is 0 Å². The second-order valence-electron chi connectivity index (χ2n) is 26.1. The van der Waals surface area contributed by atoms with E-state index in [-0.39, 0.29) is 54.7 Å². The Kier molecular flexibility index (Phi) is 51.0. The Labute approximate surface area is 514 Å². The first kappa shape index (κ1) is 80.2. The van der Waals surface area contributed by atoms with Crippen molar-refractivity contribution >= 4 is 41.4 Å².